The molecule has 0 saturated carbocycles. The Labute approximate surface area is 119 Å². The maximum atomic E-state index is 12.2. The second kappa shape index (κ2) is 8.32. The first kappa shape index (κ1) is 19.0. The van der Waals surface area contributed by atoms with Gasteiger partial charge in [-0.1, -0.05) is 0 Å². The minimum absolute atomic E-state index is 0.241. The third-order valence-corrected chi connectivity index (χ3v) is 2.50. The highest BCUT2D eigenvalue weighted by atomic mass is 19.4. The molecule has 0 saturated heterocycles. The molecule has 7 nitrogen and oxygen atoms in total. The summed E-state index contributed by atoms with van der Waals surface area (Å²) in [6, 6.07) is -2.63. The molecule has 0 spiro atoms. The van der Waals surface area contributed by atoms with E-state index in [9.17, 15) is 27.6 Å². The molecule has 10 heteroatoms. The number of urea groups is 1. The largest absolute Gasteiger partial charge is 0.480 e. The lowest BCUT2D eigenvalue weighted by atomic mass is 10.1. The van der Waals surface area contributed by atoms with Crippen LogP contribution < -0.4 is 5.32 Å². The van der Waals surface area contributed by atoms with E-state index in [1.165, 1.54) is 6.92 Å². The molecule has 0 unspecified atom stereocenters. The number of methoxy groups -OCH3 is 1. The zero-order valence-corrected chi connectivity index (χ0v) is 11.6. The van der Waals surface area contributed by atoms with E-state index < -0.39 is 36.7 Å². The number of aliphatic carboxylic acids is 1. The summed E-state index contributed by atoms with van der Waals surface area (Å²) in [5.41, 5.74) is 0. The molecule has 0 fully saturated rings. The van der Waals surface area contributed by atoms with Crippen LogP contribution in [0.25, 0.3) is 0 Å². The summed E-state index contributed by atoms with van der Waals surface area (Å²) in [5, 5.41) is 10.8. The van der Waals surface area contributed by atoms with Crippen LogP contribution in [-0.4, -0.2) is 60.4 Å². The maximum absolute atomic E-state index is 12.2. The first-order chi connectivity index (χ1) is 9.60. The van der Waals surface area contributed by atoms with Crippen molar-refractivity contribution in [3.05, 3.63) is 0 Å². The highest BCUT2D eigenvalue weighted by molar-refractivity contribution is 5.83. The molecule has 0 aliphatic carbocycles. The summed E-state index contributed by atoms with van der Waals surface area (Å²) in [5.74, 6) is -2.13. The fourth-order valence-electron chi connectivity index (χ4n) is 1.41. The molecule has 0 bridgehead atoms. The second-order valence-corrected chi connectivity index (χ2v) is 4.08. The fraction of sp³-hybridized carbons (Fsp3) is 0.727. The average Bonchev–Trinajstić information content (AvgIpc) is 2.38. The van der Waals surface area contributed by atoms with Gasteiger partial charge >= 0.3 is 24.1 Å². The van der Waals surface area contributed by atoms with Gasteiger partial charge < -0.3 is 20.1 Å². The Hall–Kier alpha value is -2.00. The minimum atomic E-state index is -4.59. The smallest absolute Gasteiger partial charge is 0.406 e. The van der Waals surface area contributed by atoms with Gasteiger partial charge in [0, 0.05) is 13.0 Å². The van der Waals surface area contributed by atoms with Gasteiger partial charge in [-0.15, -0.1) is 0 Å². The summed E-state index contributed by atoms with van der Waals surface area (Å²) < 4.78 is 41.1. The van der Waals surface area contributed by atoms with Gasteiger partial charge in [0.1, 0.15) is 12.6 Å². The molecule has 2 amide bonds. The van der Waals surface area contributed by atoms with Gasteiger partial charge in [-0.25, -0.2) is 9.59 Å². The molecular weight excluding hydrogens is 297 g/mol. The van der Waals surface area contributed by atoms with Crippen LogP contribution in [0, 0.1) is 0 Å². The lowest BCUT2D eigenvalue weighted by Crippen LogP contribution is -2.50. The van der Waals surface area contributed by atoms with Crippen molar-refractivity contribution >= 4 is 18.0 Å². The van der Waals surface area contributed by atoms with Crippen LogP contribution in [0.15, 0.2) is 0 Å². The number of nitrogens with zero attached hydrogens (tertiary/aromatic N) is 1. The summed E-state index contributed by atoms with van der Waals surface area (Å²) in [7, 11) is 1.11. The van der Waals surface area contributed by atoms with Crippen LogP contribution in [0.3, 0.4) is 0 Å². The number of ether oxygens (including phenoxy) is 1. The molecule has 0 radical (unpaired) electrons. The predicted octanol–water partition coefficient (Wildman–Crippen LogP) is 0.987. The summed E-state index contributed by atoms with van der Waals surface area (Å²) in [6.07, 6.45) is -5.14. The summed E-state index contributed by atoms with van der Waals surface area (Å²) in [4.78, 5) is 33.9. The van der Waals surface area contributed by atoms with Crippen molar-refractivity contribution in [3.63, 3.8) is 0 Å². The normalized spacial score (nSPS) is 12.4. The van der Waals surface area contributed by atoms with Gasteiger partial charge in [0.15, 0.2) is 0 Å². The van der Waals surface area contributed by atoms with E-state index in [0.717, 1.165) is 7.11 Å². The Balaban J connectivity index is 4.64. The van der Waals surface area contributed by atoms with E-state index in [1.807, 2.05) is 5.32 Å². The highest BCUT2D eigenvalue weighted by Gasteiger charge is 2.33. The Bertz CT molecular complexity index is 387. The zero-order valence-electron chi connectivity index (χ0n) is 11.6. The van der Waals surface area contributed by atoms with Gasteiger partial charge in [-0.2, -0.15) is 13.2 Å². The van der Waals surface area contributed by atoms with Crippen molar-refractivity contribution in [2.45, 2.75) is 32.0 Å². The molecule has 0 aromatic rings. The van der Waals surface area contributed by atoms with Gasteiger partial charge in [0.25, 0.3) is 0 Å². The second-order valence-electron chi connectivity index (χ2n) is 4.08. The van der Waals surface area contributed by atoms with Gasteiger partial charge in [0.2, 0.25) is 0 Å². The molecule has 0 rings (SSSR count). The van der Waals surface area contributed by atoms with Gasteiger partial charge in [-0.3, -0.25) is 4.79 Å². The number of hydrogen-bond acceptors (Lipinski definition) is 4. The van der Waals surface area contributed by atoms with E-state index in [2.05, 4.69) is 4.74 Å². The average molecular weight is 314 g/mol. The van der Waals surface area contributed by atoms with Crippen LogP contribution >= 0.6 is 0 Å². The Morgan fingerprint density at radius 3 is 2.29 bits per heavy atom. The number of hydrogen-bond donors (Lipinski definition) is 2. The number of carbonyl (C=O) groups is 3. The van der Waals surface area contributed by atoms with E-state index in [0.29, 0.717) is 4.90 Å². The zero-order chi connectivity index (χ0) is 16.6. The molecule has 0 aromatic heterocycles. The number of rotatable bonds is 7. The predicted molar refractivity (Wildman–Crippen MR) is 64.5 cm³/mol. The van der Waals surface area contributed by atoms with Crippen LogP contribution in [0.1, 0.15) is 19.8 Å². The number of carbonyl (C=O) groups excluding carboxylic acids is 2. The Kier molecular flexibility index (Phi) is 7.53. The van der Waals surface area contributed by atoms with Gasteiger partial charge in [0.05, 0.1) is 7.11 Å². The molecule has 0 aromatic carbocycles. The first-order valence-electron chi connectivity index (χ1n) is 6.02. The van der Waals surface area contributed by atoms with Crippen molar-refractivity contribution in [1.29, 1.82) is 0 Å². The molecule has 0 heterocycles. The highest BCUT2D eigenvalue weighted by Crippen LogP contribution is 2.16. The van der Waals surface area contributed by atoms with Crippen LogP contribution in [0.4, 0.5) is 18.0 Å². The molecule has 2 N–H and O–H groups in total. The Morgan fingerprint density at radius 1 is 1.33 bits per heavy atom. The van der Waals surface area contributed by atoms with E-state index in [-0.39, 0.29) is 19.4 Å². The number of alkyl halides is 3. The maximum Gasteiger partial charge on any atom is 0.406 e. The third-order valence-electron chi connectivity index (χ3n) is 2.50. The van der Waals surface area contributed by atoms with Crippen molar-refractivity contribution in [2.24, 2.45) is 0 Å². The fourth-order valence-corrected chi connectivity index (χ4v) is 1.41. The standard InChI is InChI=1S/C11H17F3N2O5/c1-3-16(6-11(12,13)14)10(20)15-7(9(18)19)4-5-8(17)21-2/h7H,3-6H2,1-2H3,(H,15,20)(H,18,19)/t7-/m0/s1. The number of esters is 1. The Morgan fingerprint density at radius 2 is 1.90 bits per heavy atom. The van der Waals surface area contributed by atoms with Gasteiger partial charge in [-0.05, 0) is 13.3 Å². The topological polar surface area (TPSA) is 95.9 Å². The molecule has 0 aliphatic heterocycles. The van der Waals surface area contributed by atoms with Crippen molar-refractivity contribution in [1.82, 2.24) is 10.2 Å². The van der Waals surface area contributed by atoms with Crippen LogP contribution in [-0.2, 0) is 14.3 Å². The number of carboxylic acid groups (broad SMARTS) is 1. The third kappa shape index (κ3) is 8.00. The lowest BCUT2D eigenvalue weighted by Gasteiger charge is -2.24. The molecule has 1 atom stereocenters. The number of halogens is 3. The quantitative estimate of drug-likeness (QED) is 0.683. The number of amides is 2. The van der Waals surface area contributed by atoms with Crippen molar-refractivity contribution in [2.75, 3.05) is 20.2 Å². The molecular formula is C11H17F3N2O5. The SMILES string of the molecule is CCN(CC(F)(F)F)C(=O)N[C@@H](CCC(=O)OC)C(=O)O. The summed E-state index contributed by atoms with van der Waals surface area (Å²) >= 11 is 0. The number of nitrogens with one attached hydrogen (secondary N) is 1. The molecule has 0 aliphatic rings. The molecule has 122 valence electrons. The molecule has 21 heavy (non-hydrogen) atoms. The van der Waals surface area contributed by atoms with E-state index in [4.69, 9.17) is 5.11 Å². The monoisotopic (exact) mass is 314 g/mol. The van der Waals surface area contributed by atoms with Crippen LogP contribution in [0.5, 0.6) is 0 Å². The number of carboxylic acids is 1. The minimum Gasteiger partial charge on any atom is -0.480 e. The lowest BCUT2D eigenvalue weighted by molar-refractivity contribution is -0.142. The van der Waals surface area contributed by atoms with Crippen molar-refractivity contribution < 1.29 is 37.4 Å². The van der Waals surface area contributed by atoms with E-state index >= 15 is 0 Å². The van der Waals surface area contributed by atoms with E-state index in [1.54, 1.807) is 0 Å². The van der Waals surface area contributed by atoms with Crippen molar-refractivity contribution in [3.8, 4) is 0 Å². The van der Waals surface area contributed by atoms with Crippen LogP contribution in [0.2, 0.25) is 0 Å². The summed E-state index contributed by atoms with van der Waals surface area (Å²) in [6.45, 7) is -0.400. The first-order valence-corrected chi connectivity index (χ1v) is 6.02.